The number of hydrogen-bond acceptors (Lipinski definition) is 6. The molecule has 0 atom stereocenters. The van der Waals surface area contributed by atoms with Crippen molar-refractivity contribution in [3.8, 4) is 11.5 Å². The zero-order valence-electron chi connectivity index (χ0n) is 19.6. The van der Waals surface area contributed by atoms with Gasteiger partial charge in [-0.05, 0) is 42.0 Å². The number of nitrogens with zero attached hydrogens (tertiary/aromatic N) is 3. The largest absolute Gasteiger partial charge is 0.497 e. The highest BCUT2D eigenvalue weighted by atomic mass is 16.5. The van der Waals surface area contributed by atoms with Gasteiger partial charge in [-0.15, -0.1) is 0 Å². The summed E-state index contributed by atoms with van der Waals surface area (Å²) in [5, 5.41) is 4.07. The lowest BCUT2D eigenvalue weighted by Crippen LogP contribution is -2.45. The van der Waals surface area contributed by atoms with E-state index in [4.69, 9.17) is 9.47 Å². The second kappa shape index (κ2) is 11.3. The number of hydrazone groups is 1. The smallest absolute Gasteiger partial charge is 0.271 e. The minimum atomic E-state index is -0.258. The zero-order chi connectivity index (χ0) is 23.8. The molecule has 0 radical (unpaired) electrons. The molecule has 0 aliphatic carbocycles. The van der Waals surface area contributed by atoms with Crippen molar-refractivity contribution < 1.29 is 14.3 Å². The third kappa shape index (κ3) is 5.94. The summed E-state index contributed by atoms with van der Waals surface area (Å²) in [4.78, 5) is 17.3. The van der Waals surface area contributed by atoms with E-state index in [1.807, 2.05) is 42.5 Å². The first-order valence-corrected chi connectivity index (χ1v) is 11.3. The van der Waals surface area contributed by atoms with E-state index in [0.29, 0.717) is 17.1 Å². The highest BCUT2D eigenvalue weighted by Gasteiger charge is 2.17. The molecule has 3 aromatic rings. The highest BCUT2D eigenvalue weighted by molar-refractivity contribution is 5.95. The number of amides is 1. The van der Waals surface area contributed by atoms with Crippen molar-refractivity contribution in [2.24, 2.45) is 5.10 Å². The molecular weight excluding hydrogens is 428 g/mol. The Morgan fingerprint density at radius 1 is 0.941 bits per heavy atom. The maximum atomic E-state index is 12.5. The van der Waals surface area contributed by atoms with Crippen molar-refractivity contribution in [1.82, 2.24) is 10.3 Å². The summed E-state index contributed by atoms with van der Waals surface area (Å²) in [6.07, 6.45) is 1.56. The second-order valence-corrected chi connectivity index (χ2v) is 8.10. The monoisotopic (exact) mass is 458 g/mol. The van der Waals surface area contributed by atoms with Crippen LogP contribution in [0, 0.1) is 0 Å². The summed E-state index contributed by atoms with van der Waals surface area (Å²) in [5.74, 6) is 1.05. The number of ether oxygens (including phenoxy) is 2. The van der Waals surface area contributed by atoms with Crippen LogP contribution < -0.4 is 19.8 Å². The molecule has 1 N–H and O–H groups in total. The van der Waals surface area contributed by atoms with Gasteiger partial charge in [-0.2, -0.15) is 5.10 Å². The van der Waals surface area contributed by atoms with Crippen molar-refractivity contribution in [1.29, 1.82) is 0 Å². The minimum Gasteiger partial charge on any atom is -0.497 e. The average Bonchev–Trinajstić information content (AvgIpc) is 2.90. The number of nitrogens with one attached hydrogen (secondary N) is 1. The number of hydrogen-bond donors (Lipinski definition) is 1. The molecule has 176 valence electrons. The Balaban J connectivity index is 1.27. The number of carbonyl (C=O) groups is 1. The molecule has 0 bridgehead atoms. The number of rotatable bonds is 8. The van der Waals surface area contributed by atoms with Gasteiger partial charge >= 0.3 is 0 Å². The topological polar surface area (TPSA) is 66.4 Å². The average molecular weight is 459 g/mol. The van der Waals surface area contributed by atoms with Crippen LogP contribution in [0.25, 0.3) is 0 Å². The molecule has 1 aliphatic heterocycles. The van der Waals surface area contributed by atoms with Crippen LogP contribution >= 0.6 is 0 Å². The predicted octanol–water partition coefficient (Wildman–Crippen LogP) is 3.79. The predicted molar refractivity (Wildman–Crippen MR) is 135 cm³/mol. The molecule has 34 heavy (non-hydrogen) atoms. The molecule has 1 aliphatic rings. The molecule has 0 aromatic heterocycles. The Morgan fingerprint density at radius 3 is 2.35 bits per heavy atom. The summed E-state index contributed by atoms with van der Waals surface area (Å²) in [5.41, 5.74) is 6.36. The molecule has 3 aromatic carbocycles. The maximum absolute atomic E-state index is 12.5. The number of para-hydroxylation sites is 1. The Hall–Kier alpha value is -3.84. The third-order valence-electron chi connectivity index (χ3n) is 5.93. The zero-order valence-corrected chi connectivity index (χ0v) is 19.6. The van der Waals surface area contributed by atoms with E-state index in [1.54, 1.807) is 26.5 Å². The van der Waals surface area contributed by atoms with Gasteiger partial charge < -0.3 is 14.4 Å². The number of methoxy groups -OCH3 is 2. The molecule has 1 heterocycles. The summed E-state index contributed by atoms with van der Waals surface area (Å²) in [6, 6.07) is 23.6. The lowest BCUT2D eigenvalue weighted by Gasteiger charge is -2.36. The molecule has 1 saturated heterocycles. The fourth-order valence-corrected chi connectivity index (χ4v) is 3.97. The standard InChI is InChI=1S/C27H30N4O3/c1-33-25-13-12-23(26(18-25)34-2)19-28-29-27(32)22-10-8-21(9-11-22)20-30-14-16-31(17-15-30)24-6-4-3-5-7-24/h3-13,18-19H,14-17,20H2,1-2H3,(H,29,32)/b28-19+. The van der Waals surface area contributed by atoms with Gasteiger partial charge in [0.15, 0.2) is 0 Å². The minimum absolute atomic E-state index is 0.258. The Labute approximate surface area is 200 Å². The number of benzene rings is 3. The van der Waals surface area contributed by atoms with Crippen LogP contribution in [0.2, 0.25) is 0 Å². The van der Waals surface area contributed by atoms with E-state index >= 15 is 0 Å². The van der Waals surface area contributed by atoms with Crippen LogP contribution in [0.1, 0.15) is 21.5 Å². The Morgan fingerprint density at radius 2 is 1.68 bits per heavy atom. The normalized spacial score (nSPS) is 14.2. The van der Waals surface area contributed by atoms with E-state index in [0.717, 1.165) is 38.3 Å². The van der Waals surface area contributed by atoms with Crippen LogP contribution in [0.15, 0.2) is 77.9 Å². The summed E-state index contributed by atoms with van der Waals surface area (Å²) in [7, 11) is 3.18. The molecular formula is C27H30N4O3. The van der Waals surface area contributed by atoms with Crippen LogP contribution in [-0.4, -0.2) is 57.4 Å². The van der Waals surface area contributed by atoms with E-state index < -0.39 is 0 Å². The van der Waals surface area contributed by atoms with E-state index in [1.165, 1.54) is 11.3 Å². The number of anilines is 1. The van der Waals surface area contributed by atoms with Crippen LogP contribution in [0.3, 0.4) is 0 Å². The van der Waals surface area contributed by atoms with Crippen LogP contribution in [0.4, 0.5) is 5.69 Å². The first-order chi connectivity index (χ1) is 16.7. The number of piperazine rings is 1. The van der Waals surface area contributed by atoms with Gasteiger partial charge in [-0.25, -0.2) is 5.43 Å². The molecule has 4 rings (SSSR count). The molecule has 7 heteroatoms. The molecule has 1 amide bonds. The Kier molecular flexibility index (Phi) is 7.78. The van der Waals surface area contributed by atoms with Crippen molar-refractivity contribution in [2.45, 2.75) is 6.54 Å². The molecule has 1 fully saturated rings. The van der Waals surface area contributed by atoms with Gasteiger partial charge in [-0.1, -0.05) is 30.3 Å². The van der Waals surface area contributed by atoms with E-state index in [2.05, 4.69) is 44.6 Å². The molecule has 0 saturated carbocycles. The SMILES string of the molecule is COc1ccc(/C=N/NC(=O)c2ccc(CN3CCN(c4ccccc4)CC3)cc2)c(OC)c1. The molecule has 0 unspecified atom stereocenters. The lowest BCUT2D eigenvalue weighted by molar-refractivity contribution is 0.0955. The van der Waals surface area contributed by atoms with Crippen molar-refractivity contribution in [3.05, 3.63) is 89.5 Å². The van der Waals surface area contributed by atoms with Crippen molar-refractivity contribution >= 4 is 17.8 Å². The van der Waals surface area contributed by atoms with Crippen LogP contribution in [-0.2, 0) is 6.54 Å². The van der Waals surface area contributed by atoms with Crippen molar-refractivity contribution in [2.75, 3.05) is 45.3 Å². The third-order valence-corrected chi connectivity index (χ3v) is 5.93. The maximum Gasteiger partial charge on any atom is 0.271 e. The fraction of sp³-hybridized carbons (Fsp3) is 0.259. The van der Waals surface area contributed by atoms with E-state index in [-0.39, 0.29) is 5.91 Å². The summed E-state index contributed by atoms with van der Waals surface area (Å²) >= 11 is 0. The van der Waals surface area contributed by atoms with Crippen LogP contribution in [0.5, 0.6) is 11.5 Å². The van der Waals surface area contributed by atoms with Gasteiger partial charge in [0.2, 0.25) is 0 Å². The Bertz CT molecular complexity index is 1110. The van der Waals surface area contributed by atoms with Gasteiger partial charge in [0.1, 0.15) is 11.5 Å². The highest BCUT2D eigenvalue weighted by Crippen LogP contribution is 2.23. The molecule has 0 spiro atoms. The van der Waals surface area contributed by atoms with Gasteiger partial charge in [0.05, 0.1) is 20.4 Å². The fourth-order valence-electron chi connectivity index (χ4n) is 3.97. The number of carbonyl (C=O) groups excluding carboxylic acids is 1. The summed E-state index contributed by atoms with van der Waals surface area (Å²) < 4.78 is 10.5. The van der Waals surface area contributed by atoms with Crippen molar-refractivity contribution in [3.63, 3.8) is 0 Å². The quantitative estimate of drug-likeness (QED) is 0.411. The first kappa shape index (κ1) is 23.3. The van der Waals surface area contributed by atoms with Gasteiger partial charge in [0, 0.05) is 55.6 Å². The lowest BCUT2D eigenvalue weighted by atomic mass is 10.1. The van der Waals surface area contributed by atoms with E-state index in [9.17, 15) is 4.79 Å². The van der Waals surface area contributed by atoms with Gasteiger partial charge in [0.25, 0.3) is 5.91 Å². The summed E-state index contributed by atoms with van der Waals surface area (Å²) in [6.45, 7) is 4.93. The van der Waals surface area contributed by atoms with Gasteiger partial charge in [-0.3, -0.25) is 9.69 Å². The first-order valence-electron chi connectivity index (χ1n) is 11.3. The molecule has 7 nitrogen and oxygen atoms in total. The second-order valence-electron chi connectivity index (χ2n) is 8.10.